The van der Waals surface area contributed by atoms with Crippen LogP contribution in [0.1, 0.15) is 42.9 Å². The van der Waals surface area contributed by atoms with Crippen LogP contribution in [0.5, 0.6) is 0 Å². The van der Waals surface area contributed by atoms with Crippen LogP contribution < -0.4 is 10.6 Å². The van der Waals surface area contributed by atoms with E-state index < -0.39 is 0 Å². The van der Waals surface area contributed by atoms with Gasteiger partial charge in [-0.1, -0.05) is 13.3 Å². The summed E-state index contributed by atoms with van der Waals surface area (Å²) in [7, 11) is 1.78. The van der Waals surface area contributed by atoms with E-state index in [1.165, 1.54) is 6.92 Å². The third-order valence-corrected chi connectivity index (χ3v) is 3.73. The molecule has 2 amide bonds. The second-order valence-electron chi connectivity index (χ2n) is 6.18. The maximum absolute atomic E-state index is 12.5. The van der Waals surface area contributed by atoms with E-state index in [2.05, 4.69) is 27.5 Å². The molecule has 0 unspecified atom stereocenters. The van der Waals surface area contributed by atoms with E-state index in [1.54, 1.807) is 30.1 Å². The summed E-state index contributed by atoms with van der Waals surface area (Å²) in [5.41, 5.74) is 2.56. The van der Waals surface area contributed by atoms with Gasteiger partial charge in [-0.05, 0) is 43.7 Å². The highest BCUT2D eigenvalue weighted by Crippen LogP contribution is 2.17. The summed E-state index contributed by atoms with van der Waals surface area (Å²) in [5.74, 6) is 0.126. The summed E-state index contributed by atoms with van der Waals surface area (Å²) in [4.78, 5) is 34.0. The average molecular weight is 355 g/mol. The third-order valence-electron chi connectivity index (χ3n) is 3.73. The highest BCUT2D eigenvalue weighted by Gasteiger charge is 2.15. The zero-order chi connectivity index (χ0) is 19.1. The van der Waals surface area contributed by atoms with Crippen molar-refractivity contribution in [3.05, 3.63) is 41.7 Å². The lowest BCUT2D eigenvalue weighted by Crippen LogP contribution is -2.28. The van der Waals surface area contributed by atoms with Gasteiger partial charge in [0.05, 0.1) is 0 Å². The second-order valence-corrected chi connectivity index (χ2v) is 6.18. The number of aromatic nitrogens is 2. The summed E-state index contributed by atoms with van der Waals surface area (Å²) >= 11 is 0. The van der Waals surface area contributed by atoms with Gasteiger partial charge in [-0.15, -0.1) is 0 Å². The first kappa shape index (κ1) is 19.4. The number of nitrogens with zero attached hydrogens (tertiary/aromatic N) is 3. The van der Waals surface area contributed by atoms with E-state index >= 15 is 0 Å². The lowest BCUT2D eigenvalue weighted by Gasteiger charge is -2.17. The zero-order valence-corrected chi connectivity index (χ0v) is 15.7. The molecule has 0 spiro atoms. The van der Waals surface area contributed by atoms with Crippen molar-refractivity contribution in [3.8, 4) is 0 Å². The topological polar surface area (TPSA) is 87.2 Å². The predicted octanol–water partition coefficient (Wildman–Crippen LogP) is 3.36. The first-order chi connectivity index (χ1) is 12.4. The van der Waals surface area contributed by atoms with Crippen molar-refractivity contribution in [3.63, 3.8) is 0 Å². The molecule has 2 N–H and O–H groups in total. The Bertz CT molecular complexity index is 774. The van der Waals surface area contributed by atoms with Crippen LogP contribution in [-0.2, 0) is 4.79 Å². The minimum Gasteiger partial charge on any atom is -0.340 e. The van der Waals surface area contributed by atoms with Crippen molar-refractivity contribution < 1.29 is 9.59 Å². The normalized spacial score (nSPS) is 10.3. The maximum atomic E-state index is 12.5. The molecule has 0 atom stereocenters. The summed E-state index contributed by atoms with van der Waals surface area (Å²) in [6.45, 7) is 6.08. The molecule has 26 heavy (non-hydrogen) atoms. The molecule has 0 fully saturated rings. The van der Waals surface area contributed by atoms with Gasteiger partial charge < -0.3 is 15.5 Å². The van der Waals surface area contributed by atoms with Gasteiger partial charge in [0, 0.05) is 37.6 Å². The van der Waals surface area contributed by atoms with Crippen molar-refractivity contribution in [2.24, 2.45) is 0 Å². The van der Waals surface area contributed by atoms with Crippen LogP contribution in [0.3, 0.4) is 0 Å². The van der Waals surface area contributed by atoms with Crippen molar-refractivity contribution in [1.82, 2.24) is 14.9 Å². The summed E-state index contributed by atoms with van der Waals surface area (Å²) in [5, 5.41) is 5.81. The van der Waals surface area contributed by atoms with Crippen LogP contribution in [0.25, 0.3) is 0 Å². The Hall–Kier alpha value is -2.96. The number of hydrogen-bond acceptors (Lipinski definition) is 5. The average Bonchev–Trinajstić information content (AvgIpc) is 2.59. The van der Waals surface area contributed by atoms with Crippen LogP contribution in [0.4, 0.5) is 17.3 Å². The highest BCUT2D eigenvalue weighted by molar-refractivity contribution is 5.92. The molecule has 7 nitrogen and oxygen atoms in total. The number of hydrogen-bond donors (Lipinski definition) is 2. The quantitative estimate of drug-likeness (QED) is 0.795. The Labute approximate surface area is 153 Å². The van der Waals surface area contributed by atoms with E-state index in [4.69, 9.17) is 0 Å². The molecule has 7 heteroatoms. The molecule has 0 saturated carbocycles. The molecular weight excluding hydrogens is 330 g/mol. The maximum Gasteiger partial charge on any atom is 0.272 e. The van der Waals surface area contributed by atoms with Crippen LogP contribution in [0.15, 0.2) is 30.3 Å². The number of amides is 2. The monoisotopic (exact) mass is 355 g/mol. The molecule has 0 aliphatic rings. The molecule has 0 bridgehead atoms. The van der Waals surface area contributed by atoms with E-state index in [0.29, 0.717) is 29.6 Å². The first-order valence-corrected chi connectivity index (χ1v) is 8.65. The predicted molar refractivity (Wildman–Crippen MR) is 103 cm³/mol. The van der Waals surface area contributed by atoms with Gasteiger partial charge in [-0.2, -0.15) is 0 Å². The summed E-state index contributed by atoms with van der Waals surface area (Å²) in [6, 6.07) is 8.88. The van der Waals surface area contributed by atoms with E-state index in [-0.39, 0.29) is 11.8 Å². The second kappa shape index (κ2) is 8.94. The Morgan fingerprint density at radius 3 is 2.38 bits per heavy atom. The number of unbranched alkanes of at least 4 members (excludes halogenated alkanes) is 1. The molecule has 2 aromatic rings. The molecule has 1 heterocycles. The fourth-order valence-electron chi connectivity index (χ4n) is 2.40. The summed E-state index contributed by atoms with van der Waals surface area (Å²) < 4.78 is 0. The van der Waals surface area contributed by atoms with Crippen molar-refractivity contribution in [2.75, 3.05) is 24.2 Å². The van der Waals surface area contributed by atoms with E-state index in [0.717, 1.165) is 18.5 Å². The molecule has 0 saturated heterocycles. The van der Waals surface area contributed by atoms with Gasteiger partial charge in [-0.25, -0.2) is 9.97 Å². The van der Waals surface area contributed by atoms with Crippen LogP contribution >= 0.6 is 0 Å². The fourth-order valence-corrected chi connectivity index (χ4v) is 2.40. The molecular formula is C19H25N5O2. The summed E-state index contributed by atoms with van der Waals surface area (Å²) in [6.07, 6.45) is 1.99. The van der Waals surface area contributed by atoms with Crippen molar-refractivity contribution in [1.29, 1.82) is 0 Å². The van der Waals surface area contributed by atoms with Gasteiger partial charge in [0.25, 0.3) is 5.91 Å². The molecule has 138 valence electrons. The first-order valence-electron chi connectivity index (χ1n) is 8.65. The van der Waals surface area contributed by atoms with Gasteiger partial charge in [0.1, 0.15) is 5.69 Å². The van der Waals surface area contributed by atoms with Crippen LogP contribution in [-0.4, -0.2) is 40.3 Å². The Balaban J connectivity index is 2.13. The molecule has 1 aromatic heterocycles. The standard InChI is InChI=1S/C19H25N5O2/c1-5-6-11-24(4)18(26)17-12-13(2)20-19(23-17)22-16-9-7-15(8-10-16)21-14(3)25/h7-10,12H,5-6,11H2,1-4H3,(H,21,25)(H,20,22,23). The number of carbonyl (C=O) groups excluding carboxylic acids is 2. The lowest BCUT2D eigenvalue weighted by atomic mass is 10.2. The highest BCUT2D eigenvalue weighted by atomic mass is 16.2. The minimum atomic E-state index is -0.122. The largest absolute Gasteiger partial charge is 0.340 e. The van der Waals surface area contributed by atoms with E-state index in [9.17, 15) is 9.59 Å². The van der Waals surface area contributed by atoms with Crippen molar-refractivity contribution in [2.45, 2.75) is 33.6 Å². The van der Waals surface area contributed by atoms with E-state index in [1.807, 2.05) is 19.1 Å². The van der Waals surface area contributed by atoms with Crippen molar-refractivity contribution >= 4 is 29.1 Å². The molecule has 0 aliphatic heterocycles. The molecule has 1 aromatic carbocycles. The van der Waals surface area contributed by atoms with Crippen LogP contribution in [0, 0.1) is 6.92 Å². The Kier molecular flexibility index (Phi) is 6.66. The number of aryl methyl sites for hydroxylation is 1. The number of benzene rings is 1. The Morgan fingerprint density at radius 2 is 1.77 bits per heavy atom. The van der Waals surface area contributed by atoms with Gasteiger partial charge >= 0.3 is 0 Å². The zero-order valence-electron chi connectivity index (χ0n) is 15.7. The number of anilines is 3. The van der Waals surface area contributed by atoms with Crippen LogP contribution in [0.2, 0.25) is 0 Å². The minimum absolute atomic E-state index is 0.118. The molecule has 2 rings (SSSR count). The lowest BCUT2D eigenvalue weighted by molar-refractivity contribution is -0.114. The Morgan fingerprint density at radius 1 is 1.12 bits per heavy atom. The van der Waals surface area contributed by atoms with Gasteiger partial charge in [0.2, 0.25) is 11.9 Å². The third kappa shape index (κ3) is 5.54. The number of rotatable bonds is 7. The number of carbonyl (C=O) groups is 2. The smallest absolute Gasteiger partial charge is 0.272 e. The SMILES string of the molecule is CCCCN(C)C(=O)c1cc(C)nc(Nc2ccc(NC(C)=O)cc2)n1. The van der Waals surface area contributed by atoms with Gasteiger partial charge in [0.15, 0.2) is 0 Å². The fraction of sp³-hybridized carbons (Fsp3) is 0.368. The molecule has 0 radical (unpaired) electrons. The van der Waals surface area contributed by atoms with Gasteiger partial charge in [-0.3, -0.25) is 9.59 Å². The number of nitrogens with one attached hydrogen (secondary N) is 2. The molecule has 0 aliphatic carbocycles.